The number of carboxylic acid groups (broad SMARTS) is 2. The predicted molar refractivity (Wildman–Crippen MR) is 112 cm³/mol. The van der Waals surface area contributed by atoms with Crippen molar-refractivity contribution in [2.45, 2.75) is 30.8 Å². The number of halogens is 1. The van der Waals surface area contributed by atoms with Gasteiger partial charge in [-0.2, -0.15) is 0 Å². The highest BCUT2D eigenvalue weighted by Crippen LogP contribution is 2.48. The Bertz CT molecular complexity index is 1140. The van der Waals surface area contributed by atoms with Crippen LogP contribution in [-0.4, -0.2) is 64.2 Å². The second kappa shape index (κ2) is 8.06. The molecule has 1 aromatic carbocycles. The van der Waals surface area contributed by atoms with Crippen molar-refractivity contribution < 1.29 is 34.0 Å². The SMILES string of the molecule is NC1([C@@H]2CCN(c3c(F)cc4cc(C(=O)O)c(=O)n5c4c3OC[C@@H]5CO)C2)CC1.O=CO. The van der Waals surface area contributed by atoms with Gasteiger partial charge in [-0.3, -0.25) is 14.2 Å². The summed E-state index contributed by atoms with van der Waals surface area (Å²) in [6.07, 6.45) is 2.81. The Kier molecular flexibility index (Phi) is 5.55. The van der Waals surface area contributed by atoms with Gasteiger partial charge in [-0.05, 0) is 37.3 Å². The van der Waals surface area contributed by atoms with Crippen molar-refractivity contribution in [3.8, 4) is 5.75 Å². The molecule has 32 heavy (non-hydrogen) atoms. The minimum atomic E-state index is -1.39. The van der Waals surface area contributed by atoms with Gasteiger partial charge in [0, 0.05) is 24.0 Å². The molecule has 2 atom stereocenters. The molecule has 0 unspecified atom stereocenters. The van der Waals surface area contributed by atoms with E-state index in [0.717, 1.165) is 19.3 Å². The fourth-order valence-corrected chi connectivity index (χ4v) is 4.74. The molecule has 2 fully saturated rings. The number of hydrogen-bond acceptors (Lipinski definition) is 7. The number of anilines is 1. The number of aliphatic hydroxyl groups is 1. The molecular weight excluding hydrogens is 425 g/mol. The highest BCUT2D eigenvalue weighted by molar-refractivity contribution is 5.97. The third kappa shape index (κ3) is 3.47. The van der Waals surface area contributed by atoms with E-state index >= 15 is 4.39 Å². The Morgan fingerprint density at radius 2 is 2.06 bits per heavy atom. The van der Waals surface area contributed by atoms with Crippen molar-refractivity contribution >= 4 is 29.0 Å². The van der Waals surface area contributed by atoms with E-state index in [2.05, 4.69) is 0 Å². The van der Waals surface area contributed by atoms with Crippen molar-refractivity contribution in [2.24, 2.45) is 11.7 Å². The van der Waals surface area contributed by atoms with Gasteiger partial charge in [0.2, 0.25) is 0 Å². The van der Waals surface area contributed by atoms with Crippen LogP contribution in [0.3, 0.4) is 0 Å². The maximum Gasteiger partial charge on any atom is 0.341 e. The molecular formula is C21H24FN3O7. The van der Waals surface area contributed by atoms with E-state index in [4.69, 9.17) is 20.4 Å². The number of aliphatic hydroxyl groups excluding tert-OH is 1. The van der Waals surface area contributed by atoms with Gasteiger partial charge in [-0.25, -0.2) is 9.18 Å². The van der Waals surface area contributed by atoms with Crippen molar-refractivity contribution in [1.82, 2.24) is 4.57 Å². The number of aromatic nitrogens is 1. The molecule has 10 nitrogen and oxygen atoms in total. The van der Waals surface area contributed by atoms with Crippen molar-refractivity contribution in [2.75, 3.05) is 31.2 Å². The number of ether oxygens (including phenoxy) is 1. The third-order valence-electron chi connectivity index (χ3n) is 6.57. The minimum absolute atomic E-state index is 0.0455. The summed E-state index contributed by atoms with van der Waals surface area (Å²) in [5.41, 5.74) is 5.58. The lowest BCUT2D eigenvalue weighted by Crippen LogP contribution is -2.38. The molecule has 172 valence electrons. The van der Waals surface area contributed by atoms with Gasteiger partial charge in [0.1, 0.15) is 17.9 Å². The number of benzene rings is 1. The smallest absolute Gasteiger partial charge is 0.341 e. The van der Waals surface area contributed by atoms with Crippen molar-refractivity contribution in [3.63, 3.8) is 0 Å². The number of nitrogens with zero attached hydrogens (tertiary/aromatic N) is 2. The lowest BCUT2D eigenvalue weighted by molar-refractivity contribution is -0.122. The van der Waals surface area contributed by atoms with Crippen LogP contribution in [0.2, 0.25) is 0 Å². The first kappa shape index (κ1) is 22.0. The lowest BCUT2D eigenvalue weighted by Gasteiger charge is -2.31. The number of carboxylic acids is 1. The fourth-order valence-electron chi connectivity index (χ4n) is 4.74. The highest BCUT2D eigenvalue weighted by atomic mass is 19.1. The summed E-state index contributed by atoms with van der Waals surface area (Å²) in [6.45, 7) is 0.543. The third-order valence-corrected chi connectivity index (χ3v) is 6.57. The second-order valence-electron chi connectivity index (χ2n) is 8.43. The van der Waals surface area contributed by atoms with Gasteiger partial charge in [0.15, 0.2) is 11.6 Å². The molecule has 0 radical (unpaired) electrons. The largest absolute Gasteiger partial charge is 0.487 e. The fraction of sp³-hybridized carbons (Fsp3) is 0.476. The van der Waals surface area contributed by atoms with E-state index in [0.29, 0.717) is 18.6 Å². The Balaban J connectivity index is 0.000000775. The second-order valence-corrected chi connectivity index (χ2v) is 8.43. The van der Waals surface area contributed by atoms with E-state index in [9.17, 15) is 19.8 Å². The molecule has 2 aromatic rings. The van der Waals surface area contributed by atoms with Crippen LogP contribution < -0.4 is 20.9 Å². The summed E-state index contributed by atoms with van der Waals surface area (Å²) in [6, 6.07) is 1.67. The molecule has 3 heterocycles. The molecule has 11 heteroatoms. The zero-order valence-electron chi connectivity index (χ0n) is 17.2. The average Bonchev–Trinajstić information content (AvgIpc) is 3.31. The van der Waals surface area contributed by atoms with Crippen LogP contribution in [0, 0.1) is 11.7 Å². The molecule has 5 N–H and O–H groups in total. The zero-order valence-corrected chi connectivity index (χ0v) is 17.2. The molecule has 0 spiro atoms. The maximum absolute atomic E-state index is 15.2. The summed E-state index contributed by atoms with van der Waals surface area (Å²) < 4.78 is 22.3. The number of nitrogens with two attached hydrogens (primary N) is 1. The summed E-state index contributed by atoms with van der Waals surface area (Å²) >= 11 is 0. The quantitative estimate of drug-likeness (QED) is 0.496. The lowest BCUT2D eigenvalue weighted by atomic mass is 9.97. The Morgan fingerprint density at radius 3 is 2.66 bits per heavy atom. The monoisotopic (exact) mass is 449 g/mol. The van der Waals surface area contributed by atoms with Crippen LogP contribution in [0.4, 0.5) is 10.1 Å². The number of carbonyl (C=O) groups is 2. The highest BCUT2D eigenvalue weighted by Gasteiger charge is 2.48. The van der Waals surface area contributed by atoms with Crippen LogP contribution in [-0.2, 0) is 4.79 Å². The molecule has 5 rings (SSSR count). The summed E-state index contributed by atoms with van der Waals surface area (Å²) in [7, 11) is 0. The van der Waals surface area contributed by atoms with Crippen molar-refractivity contribution in [3.05, 3.63) is 33.9 Å². The molecule has 0 bridgehead atoms. The standard InChI is InChI=1S/C20H22FN3O5.CH2O2/c21-14-6-10-5-13(19(27)28)18(26)24-12(8-25)9-29-17(15(10)24)16(14)23-4-1-11(7-23)20(22)2-3-20;2-1-3/h5-6,11-12,25H,1-4,7-9,22H2,(H,27,28);1H,(H,2,3)/t11-,12+;/m1./s1. The van der Waals surface area contributed by atoms with Gasteiger partial charge in [0.25, 0.3) is 12.0 Å². The van der Waals surface area contributed by atoms with Gasteiger partial charge in [0.05, 0.1) is 18.2 Å². The Labute approximate surface area is 181 Å². The first-order chi connectivity index (χ1) is 15.3. The van der Waals surface area contributed by atoms with E-state index in [1.54, 1.807) is 0 Å². The van der Waals surface area contributed by atoms with E-state index in [-0.39, 0.29) is 41.4 Å². The Hall–Kier alpha value is -3.18. The first-order valence-electron chi connectivity index (χ1n) is 10.3. The van der Waals surface area contributed by atoms with Gasteiger partial charge < -0.3 is 30.7 Å². The Morgan fingerprint density at radius 1 is 1.38 bits per heavy atom. The molecule has 1 aromatic heterocycles. The molecule has 1 aliphatic carbocycles. The van der Waals surface area contributed by atoms with Crippen LogP contribution in [0.5, 0.6) is 5.75 Å². The molecule has 1 saturated carbocycles. The van der Waals surface area contributed by atoms with Crippen LogP contribution >= 0.6 is 0 Å². The van der Waals surface area contributed by atoms with Crippen molar-refractivity contribution in [1.29, 1.82) is 0 Å². The number of rotatable bonds is 4. The molecule has 3 aliphatic rings. The first-order valence-corrected chi connectivity index (χ1v) is 10.3. The number of pyridine rings is 1. The summed E-state index contributed by atoms with van der Waals surface area (Å²) in [5, 5.41) is 26.2. The minimum Gasteiger partial charge on any atom is -0.487 e. The predicted octanol–water partition coefficient (Wildman–Crippen LogP) is 0.783. The van der Waals surface area contributed by atoms with Gasteiger partial charge in [-0.1, -0.05) is 0 Å². The number of aromatic carboxylic acids is 1. The molecule has 2 aliphatic heterocycles. The molecule has 1 saturated heterocycles. The van der Waals surface area contributed by atoms with E-state index in [1.807, 2.05) is 4.90 Å². The van der Waals surface area contributed by atoms with Crippen LogP contribution in [0.15, 0.2) is 16.9 Å². The number of hydrogen-bond donors (Lipinski definition) is 4. The molecule has 0 amide bonds. The van der Waals surface area contributed by atoms with Crippen LogP contribution in [0.1, 0.15) is 35.7 Å². The summed E-state index contributed by atoms with van der Waals surface area (Å²) in [5.74, 6) is -1.43. The zero-order chi connectivity index (χ0) is 23.2. The van der Waals surface area contributed by atoms with Crippen LogP contribution in [0.25, 0.3) is 10.9 Å². The maximum atomic E-state index is 15.2. The van der Waals surface area contributed by atoms with E-state index < -0.39 is 35.6 Å². The average molecular weight is 449 g/mol. The normalized spacial score (nSPS) is 22.7. The summed E-state index contributed by atoms with van der Waals surface area (Å²) in [4.78, 5) is 34.6. The van der Waals surface area contributed by atoms with Gasteiger partial charge in [-0.15, -0.1) is 0 Å². The van der Waals surface area contributed by atoms with E-state index in [1.165, 1.54) is 16.7 Å². The topological polar surface area (TPSA) is 155 Å². The van der Waals surface area contributed by atoms with Gasteiger partial charge >= 0.3 is 5.97 Å².